The van der Waals surface area contributed by atoms with Gasteiger partial charge < -0.3 is 15.7 Å². The molecule has 176 valence electrons. The van der Waals surface area contributed by atoms with Crippen molar-refractivity contribution in [3.05, 3.63) is 82.9 Å². The summed E-state index contributed by atoms with van der Waals surface area (Å²) in [6.07, 6.45) is 1.01. The predicted octanol–water partition coefficient (Wildman–Crippen LogP) is 3.81. The highest BCUT2D eigenvalue weighted by Crippen LogP contribution is 2.32. The summed E-state index contributed by atoms with van der Waals surface area (Å²) in [5.74, 6) is -1.40. The van der Waals surface area contributed by atoms with E-state index in [0.29, 0.717) is 23.4 Å². The first-order valence-corrected chi connectivity index (χ1v) is 11.1. The van der Waals surface area contributed by atoms with E-state index in [1.807, 2.05) is 38.1 Å². The molecule has 2 unspecified atom stereocenters. The van der Waals surface area contributed by atoms with E-state index in [1.54, 1.807) is 23.7 Å². The van der Waals surface area contributed by atoms with Gasteiger partial charge in [0.15, 0.2) is 0 Å². The summed E-state index contributed by atoms with van der Waals surface area (Å²) >= 11 is 0. The van der Waals surface area contributed by atoms with Crippen LogP contribution in [-0.2, 0) is 16.1 Å². The number of carbonyl (C=O) groups is 2. The van der Waals surface area contributed by atoms with E-state index in [4.69, 9.17) is 0 Å². The van der Waals surface area contributed by atoms with Gasteiger partial charge in [-0.05, 0) is 56.2 Å². The number of rotatable bonds is 6. The standard InChI is InChI=1S/C26H27FN4O3/c1-15-4-5-19(24-10-16(2)31(30-24)14-17(3)32)11-23(15)29-26(34)22-13-28-25(33)12-21(22)18-6-8-20(27)9-7-18/h4-11,13,17,21,32H,12,14H2,1-3H3,(H,28,33)(H,29,34). The number of anilines is 1. The molecule has 0 bridgehead atoms. The molecule has 7 nitrogen and oxygen atoms in total. The Morgan fingerprint density at radius 3 is 2.68 bits per heavy atom. The van der Waals surface area contributed by atoms with Crippen LogP contribution in [0.1, 0.15) is 36.1 Å². The lowest BCUT2D eigenvalue weighted by atomic mass is 9.86. The minimum atomic E-state index is -0.516. The number of benzene rings is 2. The Morgan fingerprint density at radius 1 is 1.24 bits per heavy atom. The second kappa shape index (κ2) is 9.61. The summed E-state index contributed by atoms with van der Waals surface area (Å²) in [7, 11) is 0. The summed E-state index contributed by atoms with van der Waals surface area (Å²) in [5, 5.41) is 19.9. The predicted molar refractivity (Wildman–Crippen MR) is 127 cm³/mol. The fourth-order valence-corrected chi connectivity index (χ4v) is 4.03. The lowest BCUT2D eigenvalue weighted by Crippen LogP contribution is -2.32. The summed E-state index contributed by atoms with van der Waals surface area (Å²) in [6, 6.07) is 13.5. The Bertz CT molecular complexity index is 1260. The number of nitrogens with one attached hydrogen (secondary N) is 2. The zero-order valence-electron chi connectivity index (χ0n) is 19.3. The van der Waals surface area contributed by atoms with E-state index in [9.17, 15) is 19.1 Å². The van der Waals surface area contributed by atoms with Crippen molar-refractivity contribution in [3.8, 4) is 11.3 Å². The molecule has 0 aliphatic carbocycles. The molecule has 4 rings (SSSR count). The van der Waals surface area contributed by atoms with E-state index in [1.165, 1.54) is 18.3 Å². The molecule has 1 aliphatic heterocycles. The average Bonchev–Trinajstić information content (AvgIpc) is 3.15. The van der Waals surface area contributed by atoms with Crippen LogP contribution in [0.3, 0.4) is 0 Å². The number of aliphatic hydroxyl groups excluding tert-OH is 1. The SMILES string of the molecule is Cc1ccc(-c2cc(C)n(CC(C)O)n2)cc1NC(=O)C1=CNC(=O)CC1c1ccc(F)cc1. The fraction of sp³-hybridized carbons (Fsp3) is 0.269. The van der Waals surface area contributed by atoms with Crippen LogP contribution >= 0.6 is 0 Å². The maximum atomic E-state index is 13.4. The average molecular weight is 463 g/mol. The van der Waals surface area contributed by atoms with Crippen molar-refractivity contribution < 1.29 is 19.1 Å². The maximum absolute atomic E-state index is 13.4. The number of aromatic nitrogens is 2. The molecule has 0 radical (unpaired) electrons. The van der Waals surface area contributed by atoms with Crippen molar-refractivity contribution in [2.24, 2.45) is 0 Å². The molecule has 34 heavy (non-hydrogen) atoms. The van der Waals surface area contributed by atoms with Gasteiger partial charge in [0.05, 0.1) is 18.3 Å². The highest BCUT2D eigenvalue weighted by atomic mass is 19.1. The van der Waals surface area contributed by atoms with Gasteiger partial charge in [-0.3, -0.25) is 14.3 Å². The zero-order valence-corrected chi connectivity index (χ0v) is 19.3. The molecule has 2 amide bonds. The van der Waals surface area contributed by atoms with Crippen LogP contribution in [0.15, 0.2) is 60.3 Å². The van der Waals surface area contributed by atoms with Crippen LogP contribution in [-0.4, -0.2) is 32.8 Å². The second-order valence-corrected chi connectivity index (χ2v) is 8.66. The lowest BCUT2D eigenvalue weighted by Gasteiger charge is -2.24. The summed E-state index contributed by atoms with van der Waals surface area (Å²) in [5.41, 5.74) is 5.08. The van der Waals surface area contributed by atoms with Gasteiger partial charge in [-0.15, -0.1) is 0 Å². The van der Waals surface area contributed by atoms with Gasteiger partial charge in [-0.2, -0.15) is 5.10 Å². The first kappa shape index (κ1) is 23.4. The van der Waals surface area contributed by atoms with Crippen molar-refractivity contribution in [1.29, 1.82) is 0 Å². The summed E-state index contributed by atoms with van der Waals surface area (Å²) < 4.78 is 15.1. The number of amides is 2. The highest BCUT2D eigenvalue weighted by Gasteiger charge is 2.29. The molecule has 3 N–H and O–H groups in total. The number of nitrogens with zero attached hydrogens (tertiary/aromatic N) is 2. The minimum Gasteiger partial charge on any atom is -0.391 e. The van der Waals surface area contributed by atoms with E-state index < -0.39 is 12.0 Å². The van der Waals surface area contributed by atoms with Gasteiger partial charge in [0.1, 0.15) is 5.82 Å². The van der Waals surface area contributed by atoms with Crippen LogP contribution in [0.4, 0.5) is 10.1 Å². The first-order valence-electron chi connectivity index (χ1n) is 11.1. The zero-order chi connectivity index (χ0) is 24.4. The van der Waals surface area contributed by atoms with E-state index in [2.05, 4.69) is 15.7 Å². The third kappa shape index (κ3) is 5.07. The molecule has 0 spiro atoms. The van der Waals surface area contributed by atoms with E-state index in [-0.39, 0.29) is 24.1 Å². The largest absolute Gasteiger partial charge is 0.391 e. The van der Waals surface area contributed by atoms with Crippen molar-refractivity contribution in [3.63, 3.8) is 0 Å². The number of hydrogen-bond acceptors (Lipinski definition) is 4. The van der Waals surface area contributed by atoms with Crippen molar-refractivity contribution in [2.45, 2.75) is 45.8 Å². The molecule has 0 saturated heterocycles. The smallest absolute Gasteiger partial charge is 0.253 e. The normalized spacial score (nSPS) is 16.6. The third-order valence-electron chi connectivity index (χ3n) is 5.89. The third-order valence-corrected chi connectivity index (χ3v) is 5.89. The van der Waals surface area contributed by atoms with Crippen LogP contribution in [0.5, 0.6) is 0 Å². The fourth-order valence-electron chi connectivity index (χ4n) is 4.03. The minimum absolute atomic E-state index is 0.101. The van der Waals surface area contributed by atoms with Crippen molar-refractivity contribution in [1.82, 2.24) is 15.1 Å². The molecule has 0 fully saturated rings. The van der Waals surface area contributed by atoms with E-state index >= 15 is 0 Å². The number of aryl methyl sites for hydroxylation is 2. The monoisotopic (exact) mass is 462 g/mol. The van der Waals surface area contributed by atoms with Gasteiger partial charge in [-0.25, -0.2) is 4.39 Å². The maximum Gasteiger partial charge on any atom is 0.253 e. The van der Waals surface area contributed by atoms with Gasteiger partial charge in [0, 0.05) is 41.1 Å². The molecule has 2 heterocycles. The van der Waals surface area contributed by atoms with Crippen molar-refractivity contribution in [2.75, 3.05) is 5.32 Å². The number of halogens is 1. The molecule has 1 aromatic heterocycles. The Hall–Kier alpha value is -3.78. The van der Waals surface area contributed by atoms with Crippen LogP contribution in [0, 0.1) is 19.7 Å². The molecule has 8 heteroatoms. The Morgan fingerprint density at radius 2 is 1.97 bits per heavy atom. The quantitative estimate of drug-likeness (QED) is 0.519. The Balaban J connectivity index is 1.60. The van der Waals surface area contributed by atoms with Crippen molar-refractivity contribution >= 4 is 17.5 Å². The number of carbonyl (C=O) groups excluding carboxylic acids is 2. The lowest BCUT2D eigenvalue weighted by molar-refractivity contribution is -0.121. The molecule has 1 aliphatic rings. The van der Waals surface area contributed by atoms with E-state index in [0.717, 1.165) is 22.5 Å². The van der Waals surface area contributed by atoms with Gasteiger partial charge >= 0.3 is 0 Å². The summed E-state index contributed by atoms with van der Waals surface area (Å²) in [4.78, 5) is 25.3. The van der Waals surface area contributed by atoms with Crippen LogP contribution in [0.25, 0.3) is 11.3 Å². The molecule has 0 saturated carbocycles. The molecular weight excluding hydrogens is 435 g/mol. The highest BCUT2D eigenvalue weighted by molar-refractivity contribution is 6.07. The topological polar surface area (TPSA) is 96.2 Å². The molecule has 2 atom stereocenters. The second-order valence-electron chi connectivity index (χ2n) is 8.66. The van der Waals surface area contributed by atoms with Gasteiger partial charge in [0.2, 0.25) is 5.91 Å². The first-order chi connectivity index (χ1) is 16.2. The van der Waals surface area contributed by atoms with Gasteiger partial charge in [-0.1, -0.05) is 24.3 Å². The number of aliphatic hydroxyl groups is 1. The van der Waals surface area contributed by atoms with Gasteiger partial charge in [0.25, 0.3) is 5.91 Å². The Kier molecular flexibility index (Phi) is 6.61. The summed E-state index contributed by atoms with van der Waals surface area (Å²) in [6.45, 7) is 5.92. The van der Waals surface area contributed by atoms with Crippen LogP contribution < -0.4 is 10.6 Å². The van der Waals surface area contributed by atoms with Crippen LogP contribution in [0.2, 0.25) is 0 Å². The molecule has 3 aromatic rings. The molecular formula is C26H27FN4O3. The Labute approximate surface area is 197 Å². The molecule has 2 aromatic carbocycles. The number of hydrogen-bond donors (Lipinski definition) is 3.